The van der Waals surface area contributed by atoms with Crippen LogP contribution in [0.1, 0.15) is 39.4 Å². The van der Waals surface area contributed by atoms with Gasteiger partial charge in [0.05, 0.1) is 30.5 Å². The third-order valence-electron chi connectivity index (χ3n) is 5.18. The maximum atomic E-state index is 12.7. The summed E-state index contributed by atoms with van der Waals surface area (Å²) in [5.74, 6) is -0.412. The van der Waals surface area contributed by atoms with Crippen molar-refractivity contribution in [3.05, 3.63) is 41.5 Å². The lowest BCUT2D eigenvalue weighted by atomic mass is 9.99. The number of H-pyrrole nitrogens is 1. The molecule has 10 heteroatoms. The van der Waals surface area contributed by atoms with Crippen LogP contribution in [0.25, 0.3) is 0 Å². The highest BCUT2D eigenvalue weighted by molar-refractivity contribution is 5.93. The van der Waals surface area contributed by atoms with Crippen molar-refractivity contribution in [2.75, 3.05) is 40.3 Å². The van der Waals surface area contributed by atoms with E-state index in [-0.39, 0.29) is 31.5 Å². The number of nitrogens with zero attached hydrogens (tertiary/aromatic N) is 4. The van der Waals surface area contributed by atoms with E-state index in [0.717, 1.165) is 12.2 Å². The van der Waals surface area contributed by atoms with Gasteiger partial charge in [0.25, 0.3) is 11.8 Å². The Hall–Kier alpha value is -2.69. The van der Waals surface area contributed by atoms with Crippen molar-refractivity contribution in [2.24, 2.45) is 0 Å². The quantitative estimate of drug-likeness (QED) is 0.441. The standard InChI is InChI=1S/C20H30N6O4/c1-24(2)13-16-3-4-17(23-16)19(29)25-8-6-20(30,14-25)5-7-21-18(28)15-11-22-26(12-15)9-10-27/h3-4,11-12,23,27,30H,5-10,13-14H2,1-2H3,(H,21,28)/t20-/m1/s1. The molecule has 0 spiro atoms. The summed E-state index contributed by atoms with van der Waals surface area (Å²) in [6, 6.07) is 3.67. The summed E-state index contributed by atoms with van der Waals surface area (Å²) >= 11 is 0. The normalized spacial score (nSPS) is 18.9. The van der Waals surface area contributed by atoms with Gasteiger partial charge in [-0.15, -0.1) is 0 Å². The maximum Gasteiger partial charge on any atom is 0.270 e. The summed E-state index contributed by atoms with van der Waals surface area (Å²) in [7, 11) is 3.92. The number of hydrogen-bond donors (Lipinski definition) is 4. The molecule has 1 aliphatic heterocycles. The first-order valence-electron chi connectivity index (χ1n) is 10.1. The fourth-order valence-corrected chi connectivity index (χ4v) is 3.62. The Morgan fingerprint density at radius 2 is 2.17 bits per heavy atom. The van der Waals surface area contributed by atoms with Crippen molar-refractivity contribution in [1.29, 1.82) is 0 Å². The topological polar surface area (TPSA) is 127 Å². The summed E-state index contributed by atoms with van der Waals surface area (Å²) in [5.41, 5.74) is 0.856. The van der Waals surface area contributed by atoms with Crippen LogP contribution in [-0.2, 0) is 13.1 Å². The molecular weight excluding hydrogens is 388 g/mol. The van der Waals surface area contributed by atoms with Crippen molar-refractivity contribution in [1.82, 2.24) is 29.9 Å². The number of aromatic amines is 1. The zero-order valence-corrected chi connectivity index (χ0v) is 17.5. The molecule has 0 unspecified atom stereocenters. The van der Waals surface area contributed by atoms with Crippen LogP contribution in [0, 0.1) is 0 Å². The van der Waals surface area contributed by atoms with E-state index in [9.17, 15) is 14.7 Å². The van der Waals surface area contributed by atoms with Gasteiger partial charge in [-0.05, 0) is 39.1 Å². The summed E-state index contributed by atoms with van der Waals surface area (Å²) in [6.07, 6.45) is 3.83. The van der Waals surface area contributed by atoms with E-state index in [1.165, 1.54) is 10.9 Å². The molecule has 0 bridgehead atoms. The van der Waals surface area contributed by atoms with E-state index in [1.807, 2.05) is 25.1 Å². The summed E-state index contributed by atoms with van der Waals surface area (Å²) in [5, 5.41) is 26.5. The second kappa shape index (κ2) is 9.41. The number of hydrogen-bond acceptors (Lipinski definition) is 6. The van der Waals surface area contributed by atoms with Crippen molar-refractivity contribution in [2.45, 2.75) is 31.5 Å². The van der Waals surface area contributed by atoms with Crippen molar-refractivity contribution in [3.63, 3.8) is 0 Å². The number of likely N-dealkylation sites (tertiary alicyclic amines) is 1. The molecule has 2 aromatic heterocycles. The number of carbonyl (C=O) groups excluding carboxylic acids is 2. The van der Waals surface area contributed by atoms with E-state index in [0.29, 0.717) is 37.2 Å². The predicted molar refractivity (Wildman–Crippen MR) is 110 cm³/mol. The van der Waals surface area contributed by atoms with Gasteiger partial charge in [-0.3, -0.25) is 14.3 Å². The summed E-state index contributed by atoms with van der Waals surface area (Å²) in [6.45, 7) is 1.99. The van der Waals surface area contributed by atoms with E-state index >= 15 is 0 Å². The molecule has 0 aromatic carbocycles. The number of β-amino-alcohol motifs (C(OH)–C–C–N with tert-alkyl or cyclic N) is 1. The van der Waals surface area contributed by atoms with E-state index in [2.05, 4.69) is 15.4 Å². The Kier molecular flexibility index (Phi) is 6.91. The average molecular weight is 418 g/mol. The number of nitrogens with one attached hydrogen (secondary N) is 2. The first-order valence-corrected chi connectivity index (χ1v) is 10.1. The number of aromatic nitrogens is 3. The smallest absolute Gasteiger partial charge is 0.270 e. The summed E-state index contributed by atoms with van der Waals surface area (Å²) < 4.78 is 1.49. The first kappa shape index (κ1) is 22.0. The van der Waals surface area contributed by atoms with Crippen LogP contribution in [-0.4, -0.2) is 92.5 Å². The van der Waals surface area contributed by atoms with Crippen molar-refractivity contribution < 1.29 is 19.8 Å². The van der Waals surface area contributed by atoms with Crippen LogP contribution in [0.2, 0.25) is 0 Å². The van der Waals surface area contributed by atoms with Crippen LogP contribution in [0.3, 0.4) is 0 Å². The van der Waals surface area contributed by atoms with Gasteiger partial charge in [0.2, 0.25) is 0 Å². The number of rotatable bonds is 9. The fraction of sp³-hybridized carbons (Fsp3) is 0.550. The molecule has 0 aliphatic carbocycles. The van der Waals surface area contributed by atoms with Crippen LogP contribution in [0.15, 0.2) is 24.5 Å². The molecule has 0 radical (unpaired) electrons. The third-order valence-corrected chi connectivity index (χ3v) is 5.18. The summed E-state index contributed by atoms with van der Waals surface area (Å²) in [4.78, 5) is 31.7. The van der Waals surface area contributed by atoms with Crippen molar-refractivity contribution in [3.8, 4) is 0 Å². The molecule has 4 N–H and O–H groups in total. The van der Waals surface area contributed by atoms with Gasteiger partial charge in [0, 0.05) is 38.1 Å². The molecule has 164 valence electrons. The van der Waals surface area contributed by atoms with Gasteiger partial charge in [-0.2, -0.15) is 5.10 Å². The highest BCUT2D eigenvalue weighted by Crippen LogP contribution is 2.25. The molecule has 1 aliphatic rings. The van der Waals surface area contributed by atoms with Crippen LogP contribution in [0.4, 0.5) is 0 Å². The SMILES string of the molecule is CN(C)Cc1ccc(C(=O)N2CC[C@](O)(CCNC(=O)c3cnn(CCO)c3)C2)[nH]1. The number of aliphatic hydroxyl groups is 2. The van der Waals surface area contributed by atoms with Gasteiger partial charge in [0.1, 0.15) is 5.69 Å². The van der Waals surface area contributed by atoms with Crippen LogP contribution in [0.5, 0.6) is 0 Å². The average Bonchev–Trinajstić information content (AvgIpc) is 3.41. The molecule has 2 aromatic rings. The second-order valence-corrected chi connectivity index (χ2v) is 8.06. The van der Waals surface area contributed by atoms with Gasteiger partial charge < -0.3 is 30.3 Å². The molecule has 3 rings (SSSR count). The van der Waals surface area contributed by atoms with E-state index in [4.69, 9.17) is 5.11 Å². The minimum atomic E-state index is -1.02. The fourth-order valence-electron chi connectivity index (χ4n) is 3.62. The number of aliphatic hydroxyl groups excluding tert-OH is 1. The lowest BCUT2D eigenvalue weighted by Crippen LogP contribution is -2.39. The van der Waals surface area contributed by atoms with Crippen molar-refractivity contribution >= 4 is 11.8 Å². The van der Waals surface area contributed by atoms with Crippen LogP contribution < -0.4 is 5.32 Å². The Labute approximate surface area is 175 Å². The minimum absolute atomic E-state index is 0.0511. The number of amides is 2. The molecule has 30 heavy (non-hydrogen) atoms. The molecule has 1 atom stereocenters. The highest BCUT2D eigenvalue weighted by Gasteiger charge is 2.38. The molecule has 10 nitrogen and oxygen atoms in total. The minimum Gasteiger partial charge on any atom is -0.394 e. The Bertz CT molecular complexity index is 876. The lowest BCUT2D eigenvalue weighted by molar-refractivity contribution is 0.0372. The molecular formula is C20H30N6O4. The highest BCUT2D eigenvalue weighted by atomic mass is 16.3. The predicted octanol–water partition coefficient (Wildman–Crippen LogP) is -0.338. The third kappa shape index (κ3) is 5.47. The lowest BCUT2D eigenvalue weighted by Gasteiger charge is -2.23. The second-order valence-electron chi connectivity index (χ2n) is 8.06. The molecule has 3 heterocycles. The molecule has 2 amide bonds. The van der Waals surface area contributed by atoms with E-state index < -0.39 is 5.60 Å². The Morgan fingerprint density at radius 1 is 1.37 bits per heavy atom. The monoisotopic (exact) mass is 418 g/mol. The molecule has 1 saturated heterocycles. The zero-order chi connectivity index (χ0) is 21.7. The Balaban J connectivity index is 1.47. The van der Waals surface area contributed by atoms with Gasteiger partial charge in [0.15, 0.2) is 0 Å². The van der Waals surface area contributed by atoms with Gasteiger partial charge in [-0.1, -0.05) is 0 Å². The molecule has 0 saturated carbocycles. The first-order chi connectivity index (χ1) is 14.3. The van der Waals surface area contributed by atoms with Gasteiger partial charge >= 0.3 is 0 Å². The largest absolute Gasteiger partial charge is 0.394 e. The Morgan fingerprint density at radius 3 is 2.90 bits per heavy atom. The molecule has 1 fully saturated rings. The number of carbonyl (C=O) groups is 2. The zero-order valence-electron chi connectivity index (χ0n) is 17.5. The van der Waals surface area contributed by atoms with Crippen LogP contribution >= 0.6 is 0 Å². The van der Waals surface area contributed by atoms with Gasteiger partial charge in [-0.25, -0.2) is 0 Å². The maximum absolute atomic E-state index is 12.7. The van der Waals surface area contributed by atoms with E-state index in [1.54, 1.807) is 17.2 Å².